The zero-order chi connectivity index (χ0) is 16.9. The minimum atomic E-state index is -4.48. The van der Waals surface area contributed by atoms with Crippen LogP contribution in [0.5, 0.6) is 0 Å². The van der Waals surface area contributed by atoms with E-state index in [1.807, 2.05) is 0 Å². The summed E-state index contributed by atoms with van der Waals surface area (Å²) in [6, 6.07) is 5.52. The molecular weight excluding hydrogens is 309 g/mol. The summed E-state index contributed by atoms with van der Waals surface area (Å²) in [5.74, 6) is -0.462. The molecule has 7 heteroatoms. The molecule has 23 heavy (non-hydrogen) atoms. The first-order valence-electron chi connectivity index (χ1n) is 7.68. The Bertz CT molecular complexity index is 500. The van der Waals surface area contributed by atoms with Gasteiger partial charge >= 0.3 is 6.18 Å². The normalized spacial score (nSPS) is 23.3. The van der Waals surface area contributed by atoms with E-state index in [0.29, 0.717) is 25.7 Å². The van der Waals surface area contributed by atoms with Crippen LogP contribution in [0.25, 0.3) is 0 Å². The SMILES string of the molecule is O=C(CNC(c1ccccc1)C(F)(F)F)NC1CCC(O)CC1. The number of alkyl halides is 3. The number of hydrogen-bond donors (Lipinski definition) is 3. The molecule has 1 aromatic carbocycles. The predicted molar refractivity (Wildman–Crippen MR) is 79.6 cm³/mol. The molecule has 0 heterocycles. The summed E-state index contributed by atoms with van der Waals surface area (Å²) >= 11 is 0. The van der Waals surface area contributed by atoms with Crippen LogP contribution in [0.4, 0.5) is 13.2 Å². The summed E-state index contributed by atoms with van der Waals surface area (Å²) in [4.78, 5) is 11.9. The quantitative estimate of drug-likeness (QED) is 0.776. The van der Waals surface area contributed by atoms with E-state index in [1.165, 1.54) is 24.3 Å². The van der Waals surface area contributed by atoms with Crippen molar-refractivity contribution >= 4 is 5.91 Å². The first-order chi connectivity index (χ1) is 10.9. The highest BCUT2D eigenvalue weighted by Crippen LogP contribution is 2.32. The topological polar surface area (TPSA) is 61.4 Å². The molecule has 3 N–H and O–H groups in total. The van der Waals surface area contributed by atoms with E-state index in [2.05, 4.69) is 10.6 Å². The molecule has 0 spiro atoms. The van der Waals surface area contributed by atoms with Gasteiger partial charge in [0.25, 0.3) is 0 Å². The lowest BCUT2D eigenvalue weighted by atomic mass is 9.93. The van der Waals surface area contributed by atoms with Crippen molar-refractivity contribution in [1.29, 1.82) is 0 Å². The van der Waals surface area contributed by atoms with Crippen LogP contribution in [-0.2, 0) is 4.79 Å². The second-order valence-electron chi connectivity index (χ2n) is 5.84. The first-order valence-corrected chi connectivity index (χ1v) is 7.68. The van der Waals surface area contributed by atoms with E-state index in [4.69, 9.17) is 0 Å². The smallest absolute Gasteiger partial charge is 0.393 e. The second-order valence-corrected chi connectivity index (χ2v) is 5.84. The fourth-order valence-corrected chi connectivity index (χ4v) is 2.76. The van der Waals surface area contributed by atoms with E-state index >= 15 is 0 Å². The Kier molecular flexibility index (Phi) is 6.01. The number of carbonyl (C=O) groups excluding carboxylic acids is 1. The number of amides is 1. The van der Waals surface area contributed by atoms with Gasteiger partial charge in [-0.25, -0.2) is 0 Å². The van der Waals surface area contributed by atoms with Gasteiger partial charge in [0.05, 0.1) is 12.6 Å². The predicted octanol–water partition coefficient (Wildman–Crippen LogP) is 2.30. The molecule has 0 aliphatic heterocycles. The van der Waals surface area contributed by atoms with Gasteiger partial charge in [-0.05, 0) is 31.2 Å². The molecule has 0 aromatic heterocycles. The zero-order valence-corrected chi connectivity index (χ0v) is 12.6. The molecule has 128 valence electrons. The van der Waals surface area contributed by atoms with Crippen LogP contribution in [0.2, 0.25) is 0 Å². The number of hydrogen-bond acceptors (Lipinski definition) is 3. The third-order valence-electron chi connectivity index (χ3n) is 3.99. The van der Waals surface area contributed by atoms with E-state index in [0.717, 1.165) is 0 Å². The van der Waals surface area contributed by atoms with Crippen molar-refractivity contribution in [3.8, 4) is 0 Å². The van der Waals surface area contributed by atoms with Crippen molar-refractivity contribution in [2.75, 3.05) is 6.54 Å². The Labute approximate surface area is 133 Å². The van der Waals surface area contributed by atoms with Gasteiger partial charge in [0, 0.05) is 6.04 Å². The summed E-state index contributed by atoms with van der Waals surface area (Å²) in [7, 11) is 0. The van der Waals surface area contributed by atoms with Crippen molar-refractivity contribution in [3.05, 3.63) is 35.9 Å². The molecule has 4 nitrogen and oxygen atoms in total. The molecule has 1 fully saturated rings. The Hall–Kier alpha value is -1.60. The highest BCUT2D eigenvalue weighted by molar-refractivity contribution is 5.78. The fourth-order valence-electron chi connectivity index (χ4n) is 2.76. The third-order valence-corrected chi connectivity index (χ3v) is 3.99. The van der Waals surface area contributed by atoms with Gasteiger partial charge in [-0.2, -0.15) is 13.2 Å². The molecule has 1 atom stereocenters. The Morgan fingerprint density at radius 1 is 1.17 bits per heavy atom. The van der Waals surface area contributed by atoms with Crippen LogP contribution >= 0.6 is 0 Å². The van der Waals surface area contributed by atoms with E-state index in [9.17, 15) is 23.1 Å². The number of nitrogens with one attached hydrogen (secondary N) is 2. The van der Waals surface area contributed by atoms with Crippen molar-refractivity contribution in [3.63, 3.8) is 0 Å². The van der Waals surface area contributed by atoms with Crippen molar-refractivity contribution in [2.24, 2.45) is 0 Å². The molecule has 1 unspecified atom stereocenters. The number of aliphatic hydroxyl groups is 1. The van der Waals surface area contributed by atoms with Gasteiger partial charge in [-0.15, -0.1) is 0 Å². The average Bonchev–Trinajstić information content (AvgIpc) is 2.49. The standard InChI is InChI=1S/C16H21F3N2O2/c17-16(18,19)15(11-4-2-1-3-5-11)20-10-14(23)21-12-6-8-13(22)9-7-12/h1-5,12-13,15,20,22H,6-10H2,(H,21,23). The summed E-state index contributed by atoms with van der Waals surface area (Å²) in [5, 5.41) is 14.4. The maximum atomic E-state index is 13.1. The summed E-state index contributed by atoms with van der Waals surface area (Å²) in [5.41, 5.74) is 0.0774. The molecule has 0 radical (unpaired) electrons. The van der Waals surface area contributed by atoms with Gasteiger partial charge < -0.3 is 10.4 Å². The molecule has 1 aliphatic rings. The molecule has 1 amide bonds. The molecule has 2 rings (SSSR count). The van der Waals surface area contributed by atoms with Crippen LogP contribution < -0.4 is 10.6 Å². The van der Waals surface area contributed by atoms with Crippen LogP contribution in [-0.4, -0.2) is 35.9 Å². The van der Waals surface area contributed by atoms with Crippen LogP contribution in [0, 0.1) is 0 Å². The van der Waals surface area contributed by atoms with E-state index in [1.54, 1.807) is 6.07 Å². The van der Waals surface area contributed by atoms with Gasteiger partial charge in [-0.1, -0.05) is 30.3 Å². The first kappa shape index (κ1) is 17.7. The Balaban J connectivity index is 1.87. The van der Waals surface area contributed by atoms with Gasteiger partial charge in [0.15, 0.2) is 0 Å². The number of carbonyl (C=O) groups is 1. The molecule has 1 saturated carbocycles. The van der Waals surface area contributed by atoms with Gasteiger partial charge in [0.1, 0.15) is 6.04 Å². The minimum absolute atomic E-state index is 0.0752. The van der Waals surface area contributed by atoms with Crippen LogP contribution in [0.1, 0.15) is 37.3 Å². The zero-order valence-electron chi connectivity index (χ0n) is 12.6. The highest BCUT2D eigenvalue weighted by atomic mass is 19.4. The van der Waals surface area contributed by atoms with Crippen molar-refractivity contribution in [1.82, 2.24) is 10.6 Å². The highest BCUT2D eigenvalue weighted by Gasteiger charge is 2.40. The number of halogens is 3. The third kappa shape index (κ3) is 5.51. The monoisotopic (exact) mass is 330 g/mol. The lowest BCUT2D eigenvalue weighted by Gasteiger charge is -2.27. The molecule has 1 aromatic rings. The Morgan fingerprint density at radius 2 is 1.78 bits per heavy atom. The Morgan fingerprint density at radius 3 is 2.35 bits per heavy atom. The molecule has 0 saturated heterocycles. The number of rotatable bonds is 5. The summed E-state index contributed by atoms with van der Waals surface area (Å²) in [6.45, 7) is -0.405. The van der Waals surface area contributed by atoms with Gasteiger partial charge in [0.2, 0.25) is 5.91 Å². The maximum absolute atomic E-state index is 13.1. The van der Waals surface area contributed by atoms with Crippen molar-refractivity contribution < 1.29 is 23.1 Å². The molecular formula is C16H21F3N2O2. The van der Waals surface area contributed by atoms with Crippen LogP contribution in [0.15, 0.2) is 30.3 Å². The lowest BCUT2D eigenvalue weighted by molar-refractivity contribution is -0.158. The maximum Gasteiger partial charge on any atom is 0.407 e. The molecule has 1 aliphatic carbocycles. The van der Waals surface area contributed by atoms with E-state index < -0.39 is 24.7 Å². The van der Waals surface area contributed by atoms with Crippen LogP contribution in [0.3, 0.4) is 0 Å². The largest absolute Gasteiger partial charge is 0.407 e. The van der Waals surface area contributed by atoms with E-state index in [-0.39, 0.29) is 17.7 Å². The number of aliphatic hydroxyl groups excluding tert-OH is 1. The summed E-state index contributed by atoms with van der Waals surface area (Å²) < 4.78 is 39.4. The second kappa shape index (κ2) is 7.79. The molecule has 0 bridgehead atoms. The lowest BCUT2D eigenvalue weighted by Crippen LogP contribution is -2.45. The fraction of sp³-hybridized carbons (Fsp3) is 0.562. The van der Waals surface area contributed by atoms with Gasteiger partial charge in [-0.3, -0.25) is 10.1 Å². The average molecular weight is 330 g/mol. The summed E-state index contributed by atoms with van der Waals surface area (Å²) in [6.07, 6.45) is -2.31. The minimum Gasteiger partial charge on any atom is -0.393 e. The van der Waals surface area contributed by atoms with Crippen molar-refractivity contribution in [2.45, 2.75) is 50.0 Å². The number of benzene rings is 1.